The van der Waals surface area contributed by atoms with Crippen molar-refractivity contribution in [1.82, 2.24) is 0 Å². The van der Waals surface area contributed by atoms with Crippen LogP contribution in [0.25, 0.3) is 0 Å². The Morgan fingerprint density at radius 2 is 1.72 bits per heavy atom. The van der Waals surface area contributed by atoms with Crippen molar-refractivity contribution in [2.24, 2.45) is 0 Å². The molecule has 2 aromatic rings. The molecule has 0 aliphatic carbocycles. The number of aliphatic hydroxyl groups is 1. The average molecular weight is 350 g/mol. The van der Waals surface area contributed by atoms with Gasteiger partial charge in [-0.05, 0) is 45.8 Å². The molecule has 0 amide bonds. The fourth-order valence-corrected chi connectivity index (χ4v) is 2.19. The Labute approximate surface area is 122 Å². The minimum atomic E-state index is -1.08. The van der Waals surface area contributed by atoms with Gasteiger partial charge in [-0.25, -0.2) is 4.39 Å². The molecule has 0 saturated carbocycles. The molecule has 18 heavy (non-hydrogen) atoms. The molecule has 1 N–H and O–H groups in total. The molecule has 2 rings (SSSR count). The summed E-state index contributed by atoms with van der Waals surface area (Å²) in [7, 11) is 0. The smallest absolute Gasteiger partial charge is 0.130 e. The van der Waals surface area contributed by atoms with E-state index in [9.17, 15) is 9.50 Å². The normalized spacial score (nSPS) is 12.5. The van der Waals surface area contributed by atoms with E-state index in [0.29, 0.717) is 20.1 Å². The minimum Gasteiger partial charge on any atom is -0.384 e. The molecule has 2 aromatic carbocycles. The molecular weight excluding hydrogens is 342 g/mol. The van der Waals surface area contributed by atoms with Crippen LogP contribution in [0.1, 0.15) is 17.2 Å². The molecule has 1 atom stereocenters. The molecule has 0 spiro atoms. The standard InChI is InChI=1S/C13H8BrCl2FO/c14-10-6-12(17)9(5-11(10)16)13(18)7-1-3-8(15)4-2-7/h1-6,13,18H. The van der Waals surface area contributed by atoms with Gasteiger partial charge in [-0.3, -0.25) is 0 Å². The molecule has 1 unspecified atom stereocenters. The summed E-state index contributed by atoms with van der Waals surface area (Å²) < 4.78 is 14.2. The number of hydrogen-bond acceptors (Lipinski definition) is 1. The van der Waals surface area contributed by atoms with Crippen LogP contribution in [0.15, 0.2) is 40.9 Å². The molecule has 0 heterocycles. The Kier molecular flexibility index (Phi) is 4.28. The van der Waals surface area contributed by atoms with Crippen LogP contribution >= 0.6 is 39.1 Å². The van der Waals surface area contributed by atoms with Crippen LogP contribution in [0.4, 0.5) is 4.39 Å². The molecule has 5 heteroatoms. The third kappa shape index (κ3) is 2.86. The molecule has 0 saturated heterocycles. The van der Waals surface area contributed by atoms with Crippen LogP contribution in [0.5, 0.6) is 0 Å². The summed E-state index contributed by atoms with van der Waals surface area (Å²) in [5.74, 6) is -0.520. The fraction of sp³-hybridized carbons (Fsp3) is 0.0769. The predicted octanol–water partition coefficient (Wildman–Crippen LogP) is 4.98. The molecular formula is C13H8BrCl2FO. The van der Waals surface area contributed by atoms with Crippen LogP contribution in [-0.2, 0) is 0 Å². The lowest BCUT2D eigenvalue weighted by Crippen LogP contribution is -2.02. The zero-order valence-corrected chi connectivity index (χ0v) is 12.1. The minimum absolute atomic E-state index is 0.130. The van der Waals surface area contributed by atoms with Gasteiger partial charge in [0.15, 0.2) is 0 Å². The van der Waals surface area contributed by atoms with Crippen molar-refractivity contribution in [2.75, 3.05) is 0 Å². The van der Waals surface area contributed by atoms with Crippen molar-refractivity contribution in [1.29, 1.82) is 0 Å². The summed E-state index contributed by atoms with van der Waals surface area (Å²) in [5, 5.41) is 11.0. The number of benzene rings is 2. The molecule has 1 nitrogen and oxygen atoms in total. The number of hydrogen-bond donors (Lipinski definition) is 1. The molecule has 0 aliphatic heterocycles. The second-order valence-corrected chi connectivity index (χ2v) is 5.44. The van der Waals surface area contributed by atoms with Crippen molar-refractivity contribution in [2.45, 2.75) is 6.10 Å². The molecule has 0 bridgehead atoms. The first-order valence-corrected chi connectivity index (χ1v) is 6.62. The molecule has 0 aliphatic rings. The maximum Gasteiger partial charge on any atom is 0.130 e. The first-order chi connectivity index (χ1) is 8.49. The van der Waals surface area contributed by atoms with E-state index in [1.165, 1.54) is 12.1 Å². The lowest BCUT2D eigenvalue weighted by Gasteiger charge is -2.13. The Morgan fingerprint density at radius 3 is 2.33 bits per heavy atom. The van der Waals surface area contributed by atoms with E-state index >= 15 is 0 Å². The topological polar surface area (TPSA) is 20.2 Å². The van der Waals surface area contributed by atoms with Gasteiger partial charge in [0, 0.05) is 15.1 Å². The van der Waals surface area contributed by atoms with Crippen LogP contribution < -0.4 is 0 Å². The lowest BCUT2D eigenvalue weighted by atomic mass is 10.0. The SMILES string of the molecule is OC(c1ccc(Cl)cc1)c1cc(Cl)c(Br)cc1F. The summed E-state index contributed by atoms with van der Waals surface area (Å²) in [5.41, 5.74) is 0.683. The van der Waals surface area contributed by atoms with E-state index in [2.05, 4.69) is 15.9 Å². The van der Waals surface area contributed by atoms with Gasteiger partial charge in [0.05, 0.1) is 5.02 Å². The third-order valence-electron chi connectivity index (χ3n) is 2.52. The predicted molar refractivity (Wildman–Crippen MR) is 74.6 cm³/mol. The van der Waals surface area contributed by atoms with E-state index in [1.54, 1.807) is 24.3 Å². The average Bonchev–Trinajstić information content (AvgIpc) is 2.34. The van der Waals surface area contributed by atoms with Gasteiger partial charge in [0.1, 0.15) is 11.9 Å². The summed E-state index contributed by atoms with van der Waals surface area (Å²) in [6.07, 6.45) is -1.08. The molecule has 0 radical (unpaired) electrons. The Morgan fingerprint density at radius 1 is 1.11 bits per heavy atom. The number of halogens is 4. The first-order valence-electron chi connectivity index (χ1n) is 5.07. The Bertz CT molecular complexity index is 572. The van der Waals surface area contributed by atoms with Crippen LogP contribution in [0.2, 0.25) is 10.0 Å². The van der Waals surface area contributed by atoms with Crippen LogP contribution in [-0.4, -0.2) is 5.11 Å². The van der Waals surface area contributed by atoms with Gasteiger partial charge in [-0.15, -0.1) is 0 Å². The highest BCUT2D eigenvalue weighted by atomic mass is 79.9. The van der Waals surface area contributed by atoms with E-state index in [0.717, 1.165) is 0 Å². The zero-order chi connectivity index (χ0) is 13.3. The Balaban J connectivity index is 2.42. The maximum atomic E-state index is 13.8. The van der Waals surface area contributed by atoms with E-state index < -0.39 is 11.9 Å². The summed E-state index contributed by atoms with van der Waals surface area (Å²) in [4.78, 5) is 0. The number of rotatable bonds is 2. The lowest BCUT2D eigenvalue weighted by molar-refractivity contribution is 0.215. The third-order valence-corrected chi connectivity index (χ3v) is 3.97. The maximum absolute atomic E-state index is 13.8. The van der Waals surface area contributed by atoms with Gasteiger partial charge in [-0.2, -0.15) is 0 Å². The highest BCUT2D eigenvalue weighted by molar-refractivity contribution is 9.10. The van der Waals surface area contributed by atoms with Gasteiger partial charge < -0.3 is 5.11 Å². The monoisotopic (exact) mass is 348 g/mol. The quantitative estimate of drug-likeness (QED) is 0.758. The van der Waals surface area contributed by atoms with Crippen molar-refractivity contribution in [3.05, 3.63) is 67.9 Å². The van der Waals surface area contributed by atoms with Crippen LogP contribution in [0, 0.1) is 5.82 Å². The van der Waals surface area contributed by atoms with Gasteiger partial charge in [-0.1, -0.05) is 35.3 Å². The van der Waals surface area contributed by atoms with Crippen LogP contribution in [0.3, 0.4) is 0 Å². The van der Waals surface area contributed by atoms with Crippen molar-refractivity contribution in [3.63, 3.8) is 0 Å². The fourth-order valence-electron chi connectivity index (χ4n) is 1.57. The largest absolute Gasteiger partial charge is 0.384 e. The highest BCUT2D eigenvalue weighted by Crippen LogP contribution is 2.31. The summed E-state index contributed by atoms with van der Waals surface area (Å²) in [6.45, 7) is 0. The van der Waals surface area contributed by atoms with E-state index in [-0.39, 0.29) is 5.56 Å². The molecule has 0 aromatic heterocycles. The molecule has 0 fully saturated rings. The van der Waals surface area contributed by atoms with Crippen molar-refractivity contribution < 1.29 is 9.50 Å². The van der Waals surface area contributed by atoms with Gasteiger partial charge >= 0.3 is 0 Å². The van der Waals surface area contributed by atoms with Crippen molar-refractivity contribution in [3.8, 4) is 0 Å². The second kappa shape index (κ2) is 5.57. The first kappa shape index (κ1) is 13.8. The second-order valence-electron chi connectivity index (χ2n) is 3.74. The van der Waals surface area contributed by atoms with Gasteiger partial charge in [0.2, 0.25) is 0 Å². The summed E-state index contributed by atoms with van der Waals surface area (Å²) >= 11 is 14.8. The summed E-state index contributed by atoms with van der Waals surface area (Å²) in [6, 6.07) is 9.19. The zero-order valence-electron chi connectivity index (χ0n) is 9.00. The van der Waals surface area contributed by atoms with E-state index in [1.807, 2.05) is 0 Å². The van der Waals surface area contributed by atoms with Gasteiger partial charge in [0.25, 0.3) is 0 Å². The number of aliphatic hydroxyl groups excluding tert-OH is 1. The molecule has 94 valence electrons. The Hall–Kier alpha value is -0.610. The van der Waals surface area contributed by atoms with E-state index in [4.69, 9.17) is 23.2 Å². The highest BCUT2D eigenvalue weighted by Gasteiger charge is 2.17. The van der Waals surface area contributed by atoms with Crippen molar-refractivity contribution >= 4 is 39.1 Å².